The van der Waals surface area contributed by atoms with Gasteiger partial charge in [-0.3, -0.25) is 14.5 Å². The summed E-state index contributed by atoms with van der Waals surface area (Å²) in [6, 6.07) is 3.57. The maximum absolute atomic E-state index is 12.1. The summed E-state index contributed by atoms with van der Waals surface area (Å²) in [6.07, 6.45) is 1.60. The fourth-order valence-corrected chi connectivity index (χ4v) is 3.81. The third-order valence-electron chi connectivity index (χ3n) is 2.29. The number of carboxylic acid groups (broad SMARTS) is 1. The lowest BCUT2D eigenvalue weighted by Gasteiger charge is -2.12. The SMILES string of the molecule is O=C(O)CCN1C(=O)/C(=C\c2ccc(Cl)s2)SC1=S. The lowest BCUT2D eigenvalue weighted by Crippen LogP contribution is -2.30. The number of hydrogen-bond donors (Lipinski definition) is 1. The Hall–Kier alpha value is -0.890. The molecule has 100 valence electrons. The number of halogens is 1. The van der Waals surface area contributed by atoms with Crippen molar-refractivity contribution in [2.45, 2.75) is 6.42 Å². The predicted octanol–water partition coefficient (Wildman–Crippen LogP) is 3.08. The monoisotopic (exact) mass is 333 g/mol. The van der Waals surface area contributed by atoms with Crippen molar-refractivity contribution < 1.29 is 14.7 Å². The Balaban J connectivity index is 2.13. The zero-order chi connectivity index (χ0) is 14.0. The second kappa shape index (κ2) is 6.04. The van der Waals surface area contributed by atoms with Gasteiger partial charge in [-0.25, -0.2) is 0 Å². The van der Waals surface area contributed by atoms with Crippen LogP contribution in [0.5, 0.6) is 0 Å². The van der Waals surface area contributed by atoms with Crippen molar-refractivity contribution in [1.82, 2.24) is 4.90 Å². The summed E-state index contributed by atoms with van der Waals surface area (Å²) in [4.78, 5) is 25.3. The number of aliphatic carboxylic acids is 1. The quantitative estimate of drug-likeness (QED) is 0.678. The van der Waals surface area contributed by atoms with Gasteiger partial charge in [-0.05, 0) is 18.2 Å². The Kier molecular flexibility index (Phi) is 4.62. The largest absolute Gasteiger partial charge is 0.481 e. The standard InChI is InChI=1S/C11H8ClNO3S3/c12-8-2-1-6(18-8)5-7-10(16)13(11(17)19-7)4-3-9(14)15/h1-2,5H,3-4H2,(H,14,15)/b7-5+. The van der Waals surface area contributed by atoms with Crippen molar-refractivity contribution in [3.8, 4) is 0 Å². The minimum absolute atomic E-state index is 0.0997. The van der Waals surface area contributed by atoms with Crippen LogP contribution in [0.1, 0.15) is 11.3 Å². The van der Waals surface area contributed by atoms with Crippen molar-refractivity contribution in [1.29, 1.82) is 0 Å². The van der Waals surface area contributed by atoms with Gasteiger partial charge >= 0.3 is 5.97 Å². The van der Waals surface area contributed by atoms with Crippen LogP contribution in [0.3, 0.4) is 0 Å². The summed E-state index contributed by atoms with van der Waals surface area (Å²) >= 11 is 13.4. The molecule has 2 rings (SSSR count). The number of rotatable bonds is 4. The molecule has 4 nitrogen and oxygen atoms in total. The fraction of sp³-hybridized carbons (Fsp3) is 0.182. The van der Waals surface area contributed by atoms with Crippen LogP contribution < -0.4 is 0 Å². The van der Waals surface area contributed by atoms with Crippen LogP contribution in [0.4, 0.5) is 0 Å². The normalized spacial score (nSPS) is 17.5. The number of amides is 1. The predicted molar refractivity (Wildman–Crippen MR) is 81.5 cm³/mol. The highest BCUT2D eigenvalue weighted by molar-refractivity contribution is 8.26. The van der Waals surface area contributed by atoms with E-state index in [1.807, 2.05) is 6.07 Å². The molecule has 1 amide bonds. The summed E-state index contributed by atoms with van der Waals surface area (Å²) in [7, 11) is 0. The van der Waals surface area contributed by atoms with E-state index < -0.39 is 5.97 Å². The number of nitrogens with zero attached hydrogens (tertiary/aromatic N) is 1. The molecule has 0 radical (unpaired) electrons. The number of carbonyl (C=O) groups excluding carboxylic acids is 1. The molecule has 1 aromatic rings. The van der Waals surface area contributed by atoms with Gasteiger partial charge in [-0.1, -0.05) is 35.6 Å². The van der Waals surface area contributed by atoms with Gasteiger partial charge in [0.15, 0.2) is 0 Å². The van der Waals surface area contributed by atoms with Crippen molar-refractivity contribution in [2.75, 3.05) is 6.54 Å². The molecular formula is C11H8ClNO3S3. The van der Waals surface area contributed by atoms with Gasteiger partial charge in [0, 0.05) is 11.4 Å². The van der Waals surface area contributed by atoms with Crippen LogP contribution in [0.25, 0.3) is 6.08 Å². The zero-order valence-corrected chi connectivity index (χ0v) is 12.7. The van der Waals surface area contributed by atoms with Gasteiger partial charge in [-0.2, -0.15) is 0 Å². The van der Waals surface area contributed by atoms with Gasteiger partial charge < -0.3 is 5.11 Å². The molecule has 0 saturated carbocycles. The molecule has 19 heavy (non-hydrogen) atoms. The molecule has 0 atom stereocenters. The zero-order valence-electron chi connectivity index (χ0n) is 9.46. The van der Waals surface area contributed by atoms with E-state index in [4.69, 9.17) is 28.9 Å². The number of carbonyl (C=O) groups is 2. The first-order chi connectivity index (χ1) is 8.97. The molecule has 1 N–H and O–H groups in total. The Morgan fingerprint density at radius 2 is 2.26 bits per heavy atom. The first kappa shape index (κ1) is 14.5. The maximum Gasteiger partial charge on any atom is 0.305 e. The topological polar surface area (TPSA) is 57.6 Å². The summed E-state index contributed by atoms with van der Waals surface area (Å²) in [5, 5.41) is 8.63. The van der Waals surface area contributed by atoms with E-state index in [0.29, 0.717) is 13.6 Å². The Morgan fingerprint density at radius 3 is 2.84 bits per heavy atom. The lowest BCUT2D eigenvalue weighted by molar-refractivity contribution is -0.137. The molecule has 1 aromatic heterocycles. The number of carboxylic acids is 1. The molecule has 0 aliphatic carbocycles. The van der Waals surface area contributed by atoms with Gasteiger partial charge in [0.05, 0.1) is 15.7 Å². The van der Waals surface area contributed by atoms with Crippen LogP contribution in [-0.4, -0.2) is 32.7 Å². The Morgan fingerprint density at radius 1 is 1.53 bits per heavy atom. The molecule has 1 aliphatic heterocycles. The molecule has 1 aliphatic rings. The highest BCUT2D eigenvalue weighted by Crippen LogP contribution is 2.34. The molecule has 0 bridgehead atoms. The van der Waals surface area contributed by atoms with E-state index >= 15 is 0 Å². The molecule has 1 fully saturated rings. The summed E-state index contributed by atoms with van der Waals surface area (Å²) in [5.74, 6) is -1.20. The molecular weight excluding hydrogens is 326 g/mol. The van der Waals surface area contributed by atoms with E-state index in [2.05, 4.69) is 0 Å². The lowest BCUT2D eigenvalue weighted by atomic mass is 10.3. The van der Waals surface area contributed by atoms with Crippen molar-refractivity contribution >= 4 is 69.2 Å². The molecule has 2 heterocycles. The van der Waals surface area contributed by atoms with Crippen molar-refractivity contribution in [3.05, 3.63) is 26.3 Å². The van der Waals surface area contributed by atoms with Gasteiger partial charge in [0.25, 0.3) is 5.91 Å². The van der Waals surface area contributed by atoms with Crippen LogP contribution in [0, 0.1) is 0 Å². The number of hydrogen-bond acceptors (Lipinski definition) is 5. The van der Waals surface area contributed by atoms with E-state index in [9.17, 15) is 9.59 Å². The molecule has 8 heteroatoms. The third kappa shape index (κ3) is 3.56. The average Bonchev–Trinajstić information content (AvgIpc) is 2.83. The van der Waals surface area contributed by atoms with Crippen LogP contribution in [0.15, 0.2) is 17.0 Å². The Labute approximate surface area is 128 Å². The molecule has 1 saturated heterocycles. The second-order valence-electron chi connectivity index (χ2n) is 3.62. The van der Waals surface area contributed by atoms with Gasteiger partial charge in [0.1, 0.15) is 4.32 Å². The van der Waals surface area contributed by atoms with E-state index in [0.717, 1.165) is 4.88 Å². The van der Waals surface area contributed by atoms with E-state index in [1.54, 1.807) is 12.1 Å². The number of thioether (sulfide) groups is 1. The van der Waals surface area contributed by atoms with Crippen LogP contribution in [0.2, 0.25) is 4.34 Å². The fourth-order valence-electron chi connectivity index (χ4n) is 1.44. The average molecular weight is 334 g/mol. The number of thiocarbonyl (C=S) groups is 1. The highest BCUT2D eigenvalue weighted by atomic mass is 35.5. The first-order valence-electron chi connectivity index (χ1n) is 5.20. The van der Waals surface area contributed by atoms with Gasteiger partial charge in [0.2, 0.25) is 0 Å². The van der Waals surface area contributed by atoms with E-state index in [1.165, 1.54) is 28.0 Å². The smallest absolute Gasteiger partial charge is 0.305 e. The van der Waals surface area contributed by atoms with Crippen LogP contribution >= 0.6 is 46.9 Å². The summed E-state index contributed by atoms with van der Waals surface area (Å²) in [6.45, 7) is 0.0997. The van der Waals surface area contributed by atoms with Crippen LogP contribution in [-0.2, 0) is 9.59 Å². The molecule has 0 unspecified atom stereocenters. The van der Waals surface area contributed by atoms with Crippen molar-refractivity contribution in [2.24, 2.45) is 0 Å². The van der Waals surface area contributed by atoms with E-state index in [-0.39, 0.29) is 18.9 Å². The summed E-state index contributed by atoms with van der Waals surface area (Å²) < 4.78 is 1.03. The molecule has 0 spiro atoms. The van der Waals surface area contributed by atoms with Crippen molar-refractivity contribution in [3.63, 3.8) is 0 Å². The minimum atomic E-state index is -0.955. The second-order valence-corrected chi connectivity index (χ2v) is 7.04. The highest BCUT2D eigenvalue weighted by Gasteiger charge is 2.32. The minimum Gasteiger partial charge on any atom is -0.481 e. The Bertz CT molecular complexity index is 581. The molecule has 0 aromatic carbocycles. The summed E-state index contributed by atoms with van der Waals surface area (Å²) in [5.41, 5.74) is 0. The third-order valence-corrected chi connectivity index (χ3v) is 4.85. The first-order valence-corrected chi connectivity index (χ1v) is 7.62. The van der Waals surface area contributed by atoms with Gasteiger partial charge in [-0.15, -0.1) is 11.3 Å². The number of thiophene rings is 1. The maximum atomic E-state index is 12.1.